The molecule has 1 aliphatic rings. The first-order chi connectivity index (χ1) is 8.07. The van der Waals surface area contributed by atoms with E-state index < -0.39 is 11.5 Å². The molecule has 1 rings (SSSR count). The summed E-state index contributed by atoms with van der Waals surface area (Å²) in [4.78, 5) is 25.3. The highest BCUT2D eigenvalue weighted by Crippen LogP contribution is 2.39. The first kappa shape index (κ1) is 14.2. The van der Waals surface area contributed by atoms with Crippen LogP contribution in [0.4, 0.5) is 0 Å². The zero-order valence-electron chi connectivity index (χ0n) is 11.1. The Morgan fingerprint density at radius 1 is 1.35 bits per heavy atom. The minimum atomic E-state index is -0.548. The van der Waals surface area contributed by atoms with Crippen molar-refractivity contribution in [1.82, 2.24) is 4.90 Å². The van der Waals surface area contributed by atoms with Gasteiger partial charge in [-0.3, -0.25) is 9.69 Å². The Morgan fingerprint density at radius 2 is 1.94 bits per heavy atom. The van der Waals surface area contributed by atoms with Crippen molar-refractivity contribution < 1.29 is 14.3 Å². The number of ether oxygens (including phenoxy) is 1. The molecule has 4 nitrogen and oxygen atoms in total. The maximum atomic E-state index is 12.0. The lowest BCUT2D eigenvalue weighted by atomic mass is 9.69. The monoisotopic (exact) mass is 241 g/mol. The molecule has 1 aliphatic carbocycles. The number of hydrogen-bond donors (Lipinski definition) is 0. The van der Waals surface area contributed by atoms with Gasteiger partial charge in [0.05, 0.1) is 12.0 Å². The molecule has 1 unspecified atom stereocenters. The van der Waals surface area contributed by atoms with E-state index >= 15 is 0 Å². The van der Waals surface area contributed by atoms with Crippen LogP contribution in [0.3, 0.4) is 0 Å². The number of carbonyl (C=O) groups excluding carboxylic acids is 2. The molecule has 1 saturated carbocycles. The summed E-state index contributed by atoms with van der Waals surface area (Å²) >= 11 is 0. The molecule has 0 heterocycles. The number of likely N-dealkylation sites (N-methyl/N-ethyl adjacent to an activating group) is 1. The highest BCUT2D eigenvalue weighted by molar-refractivity contribution is 5.82. The standard InChI is InChI=1S/C13H23NO3/c1-4-17-12(16)11(14(2)3)13(10-15)8-6-5-7-9-13/h10-11H,4-9H2,1-3H3. The summed E-state index contributed by atoms with van der Waals surface area (Å²) in [5, 5.41) is 0. The minimum Gasteiger partial charge on any atom is -0.465 e. The van der Waals surface area contributed by atoms with Gasteiger partial charge in [0, 0.05) is 0 Å². The molecule has 0 aromatic carbocycles. The number of aldehydes is 1. The molecule has 0 aliphatic heterocycles. The molecule has 0 bridgehead atoms. The predicted molar refractivity (Wildman–Crippen MR) is 65.7 cm³/mol. The summed E-state index contributed by atoms with van der Waals surface area (Å²) in [7, 11) is 3.67. The van der Waals surface area contributed by atoms with Crippen LogP contribution in [0.1, 0.15) is 39.0 Å². The second-order valence-corrected chi connectivity index (χ2v) is 5.03. The Hall–Kier alpha value is -0.900. The van der Waals surface area contributed by atoms with Crippen molar-refractivity contribution in [2.24, 2.45) is 5.41 Å². The Labute approximate surface area is 103 Å². The molecule has 0 saturated heterocycles. The third kappa shape index (κ3) is 3.06. The Morgan fingerprint density at radius 3 is 2.35 bits per heavy atom. The van der Waals surface area contributed by atoms with E-state index in [4.69, 9.17) is 4.74 Å². The number of hydrogen-bond acceptors (Lipinski definition) is 4. The highest BCUT2D eigenvalue weighted by atomic mass is 16.5. The predicted octanol–water partition coefficient (Wildman–Crippen LogP) is 1.63. The minimum absolute atomic E-state index is 0.272. The van der Waals surface area contributed by atoms with Gasteiger partial charge in [0.25, 0.3) is 0 Å². The van der Waals surface area contributed by atoms with Gasteiger partial charge >= 0.3 is 5.97 Å². The SMILES string of the molecule is CCOC(=O)C(N(C)C)C1(C=O)CCCCC1. The fraction of sp³-hybridized carbons (Fsp3) is 0.846. The van der Waals surface area contributed by atoms with Crippen LogP contribution in [0.15, 0.2) is 0 Å². The van der Waals surface area contributed by atoms with Gasteiger partial charge in [-0.25, -0.2) is 0 Å². The van der Waals surface area contributed by atoms with Crippen LogP contribution in [0.2, 0.25) is 0 Å². The topological polar surface area (TPSA) is 46.6 Å². The van der Waals surface area contributed by atoms with E-state index in [-0.39, 0.29) is 5.97 Å². The fourth-order valence-electron chi connectivity index (χ4n) is 2.85. The Bertz CT molecular complexity index is 270. The molecule has 0 amide bonds. The van der Waals surface area contributed by atoms with Gasteiger partial charge in [-0.1, -0.05) is 19.3 Å². The lowest BCUT2D eigenvalue weighted by Gasteiger charge is -2.40. The van der Waals surface area contributed by atoms with E-state index in [1.165, 1.54) is 0 Å². The number of rotatable bonds is 5. The van der Waals surface area contributed by atoms with Crippen molar-refractivity contribution in [3.63, 3.8) is 0 Å². The van der Waals surface area contributed by atoms with Gasteiger partial charge in [0.2, 0.25) is 0 Å². The maximum Gasteiger partial charge on any atom is 0.324 e. The molecule has 4 heteroatoms. The van der Waals surface area contributed by atoms with Gasteiger partial charge < -0.3 is 9.53 Å². The molecule has 0 aromatic heterocycles. The molecule has 1 atom stereocenters. The summed E-state index contributed by atoms with van der Waals surface area (Å²) in [5.74, 6) is -0.272. The largest absolute Gasteiger partial charge is 0.465 e. The van der Waals surface area contributed by atoms with Crippen LogP contribution >= 0.6 is 0 Å². The molecular weight excluding hydrogens is 218 g/mol. The quantitative estimate of drug-likeness (QED) is 0.542. The van der Waals surface area contributed by atoms with Gasteiger partial charge in [-0.15, -0.1) is 0 Å². The van der Waals surface area contributed by atoms with E-state index in [1.54, 1.807) is 6.92 Å². The second kappa shape index (κ2) is 6.15. The van der Waals surface area contributed by atoms with Crippen LogP contribution < -0.4 is 0 Å². The third-order valence-corrected chi connectivity index (χ3v) is 3.59. The first-order valence-electron chi connectivity index (χ1n) is 6.37. The van der Waals surface area contributed by atoms with Crippen molar-refractivity contribution in [3.8, 4) is 0 Å². The van der Waals surface area contributed by atoms with Crippen LogP contribution in [0.25, 0.3) is 0 Å². The van der Waals surface area contributed by atoms with Crippen LogP contribution in [-0.2, 0) is 14.3 Å². The lowest BCUT2D eigenvalue weighted by molar-refractivity contribution is -0.157. The van der Waals surface area contributed by atoms with E-state index in [2.05, 4.69) is 0 Å². The summed E-state index contributed by atoms with van der Waals surface area (Å²) in [5.41, 5.74) is -0.548. The first-order valence-corrected chi connectivity index (χ1v) is 6.37. The molecule has 1 fully saturated rings. The normalized spacial score (nSPS) is 20.9. The van der Waals surface area contributed by atoms with Gasteiger partial charge in [0.1, 0.15) is 12.3 Å². The third-order valence-electron chi connectivity index (χ3n) is 3.59. The molecule has 0 aromatic rings. The highest BCUT2D eigenvalue weighted by Gasteiger charge is 2.45. The van der Waals surface area contributed by atoms with E-state index in [9.17, 15) is 9.59 Å². The smallest absolute Gasteiger partial charge is 0.324 e. The molecule has 0 radical (unpaired) electrons. The second-order valence-electron chi connectivity index (χ2n) is 5.03. The van der Waals surface area contributed by atoms with Crippen molar-refractivity contribution in [3.05, 3.63) is 0 Å². The average Bonchev–Trinajstić information content (AvgIpc) is 2.30. The number of esters is 1. The Balaban J connectivity index is 2.93. The summed E-state index contributed by atoms with van der Waals surface area (Å²) in [6.07, 6.45) is 5.74. The van der Waals surface area contributed by atoms with Crippen LogP contribution in [-0.4, -0.2) is 43.9 Å². The zero-order valence-corrected chi connectivity index (χ0v) is 11.1. The zero-order chi connectivity index (χ0) is 12.9. The molecule has 17 heavy (non-hydrogen) atoms. The molecular formula is C13H23NO3. The van der Waals surface area contributed by atoms with E-state index in [0.29, 0.717) is 6.61 Å². The molecule has 0 spiro atoms. The summed E-state index contributed by atoms with van der Waals surface area (Å²) in [6.45, 7) is 2.15. The average molecular weight is 241 g/mol. The lowest BCUT2D eigenvalue weighted by Crippen LogP contribution is -2.52. The summed E-state index contributed by atoms with van der Waals surface area (Å²) < 4.78 is 5.11. The Kier molecular flexibility index (Phi) is 5.12. The van der Waals surface area contributed by atoms with Crippen molar-refractivity contribution >= 4 is 12.3 Å². The van der Waals surface area contributed by atoms with Crippen molar-refractivity contribution in [2.75, 3.05) is 20.7 Å². The summed E-state index contributed by atoms with van der Waals surface area (Å²) in [6, 6.07) is -0.444. The number of carbonyl (C=O) groups is 2. The van der Waals surface area contributed by atoms with Crippen LogP contribution in [0, 0.1) is 5.41 Å². The fourth-order valence-corrected chi connectivity index (χ4v) is 2.85. The number of nitrogens with zero attached hydrogens (tertiary/aromatic N) is 1. The molecule has 98 valence electrons. The van der Waals surface area contributed by atoms with Gasteiger partial charge in [0.15, 0.2) is 0 Å². The van der Waals surface area contributed by atoms with Gasteiger partial charge in [-0.05, 0) is 33.9 Å². The van der Waals surface area contributed by atoms with E-state index in [0.717, 1.165) is 38.4 Å². The maximum absolute atomic E-state index is 12.0. The van der Waals surface area contributed by atoms with Crippen LogP contribution in [0.5, 0.6) is 0 Å². The molecule has 0 N–H and O–H groups in total. The van der Waals surface area contributed by atoms with E-state index in [1.807, 2.05) is 19.0 Å². The van der Waals surface area contributed by atoms with Crippen molar-refractivity contribution in [1.29, 1.82) is 0 Å². The van der Waals surface area contributed by atoms with Gasteiger partial charge in [-0.2, -0.15) is 0 Å². The van der Waals surface area contributed by atoms with Crippen molar-refractivity contribution in [2.45, 2.75) is 45.1 Å².